The number of hydrogen-bond donors (Lipinski definition) is 1. The Bertz CT molecular complexity index is 1250. The summed E-state index contributed by atoms with van der Waals surface area (Å²) < 4.78 is 1.33. The molecule has 0 aromatic heterocycles. The van der Waals surface area contributed by atoms with E-state index in [1.807, 2.05) is 25.1 Å². The molecule has 1 N–H and O–H groups in total. The Balaban J connectivity index is 0.000000572. The van der Waals surface area contributed by atoms with Crippen LogP contribution in [0.4, 0.5) is 0 Å². The number of allylic oxidation sites excluding steroid dienone is 4. The van der Waals surface area contributed by atoms with E-state index in [1.54, 1.807) is 0 Å². The zero-order chi connectivity index (χ0) is 28.6. The van der Waals surface area contributed by atoms with E-state index in [9.17, 15) is 5.11 Å². The molecule has 0 bridgehead atoms. The number of aryl methyl sites for hydroxylation is 1. The Morgan fingerprint density at radius 3 is 1.57 bits per heavy atom. The van der Waals surface area contributed by atoms with Gasteiger partial charge in [-0.3, -0.25) is 6.08 Å². The molecule has 1 unspecified atom stereocenters. The summed E-state index contributed by atoms with van der Waals surface area (Å²) in [6, 6.07) is 25.0. The summed E-state index contributed by atoms with van der Waals surface area (Å²) in [6.45, 7) is 21.8. The van der Waals surface area contributed by atoms with Gasteiger partial charge >= 0.3 is 95.6 Å². The first-order chi connectivity index (χ1) is 17.7. The minimum atomic E-state index is -0.621. The second-order valence-electron chi connectivity index (χ2n) is 11.4. The molecule has 3 aromatic rings. The summed E-state index contributed by atoms with van der Waals surface area (Å²) in [4.78, 5) is 0. The monoisotopic (exact) mass is 628 g/mol. The number of aromatic hydroxyl groups is 1. The van der Waals surface area contributed by atoms with Crippen LogP contribution in [0, 0.1) is 18.9 Å². The summed E-state index contributed by atoms with van der Waals surface area (Å²) in [7, 11) is -0.621. The molecular weight excluding hydrogens is 583 g/mol. The molecule has 4 rings (SSSR count). The second kappa shape index (κ2) is 17.3. The first-order valence-corrected chi connectivity index (χ1v) is 16.6. The number of halogens is 2. The topological polar surface area (TPSA) is 20.2 Å². The fourth-order valence-corrected chi connectivity index (χ4v) is 6.51. The van der Waals surface area contributed by atoms with Crippen molar-refractivity contribution in [1.82, 2.24) is 0 Å². The Morgan fingerprint density at radius 1 is 0.825 bits per heavy atom. The van der Waals surface area contributed by atoms with E-state index in [2.05, 4.69) is 142 Å². The van der Waals surface area contributed by atoms with Crippen molar-refractivity contribution < 1.29 is 25.1 Å². The summed E-state index contributed by atoms with van der Waals surface area (Å²) in [6.07, 6.45) is 3.36. The van der Waals surface area contributed by atoms with Crippen LogP contribution in [0.3, 0.4) is 0 Å². The Hall–Kier alpha value is -1.68. The summed E-state index contributed by atoms with van der Waals surface area (Å²) in [5.74, 6) is 1.05. The first kappa shape index (κ1) is 38.3. The van der Waals surface area contributed by atoms with Crippen LogP contribution < -0.4 is 5.19 Å². The number of rotatable bonds is 3. The maximum atomic E-state index is 10.0. The molecular formula is C35H46Cl2OSiTi. The van der Waals surface area contributed by atoms with Gasteiger partial charge in [-0.25, -0.2) is 5.57 Å². The predicted molar refractivity (Wildman–Crippen MR) is 179 cm³/mol. The third-order valence-electron chi connectivity index (χ3n) is 6.93. The van der Waals surface area contributed by atoms with E-state index in [0.717, 1.165) is 5.56 Å². The normalized spacial score (nSPS) is 14.1. The van der Waals surface area contributed by atoms with Crippen molar-refractivity contribution in [2.45, 2.75) is 73.9 Å². The van der Waals surface area contributed by atoms with Gasteiger partial charge in [0.15, 0.2) is 0 Å². The quantitative estimate of drug-likeness (QED) is 0.226. The SMILES string of the molecule is CC1=[C-]C(C)C(C)=C1C.Cc1cc(O)c([Si](C)C)c(C(C)(C)C)c1.Cl.Cl.[Ti+]=[C](c1ccccc1)c1ccccc1. The van der Waals surface area contributed by atoms with Crippen LogP contribution >= 0.6 is 24.8 Å². The van der Waals surface area contributed by atoms with Crippen molar-refractivity contribution in [3.8, 4) is 5.75 Å². The van der Waals surface area contributed by atoms with Gasteiger partial charge in [-0.05, 0) is 34.7 Å². The molecule has 0 amide bonds. The molecule has 0 heterocycles. The number of benzene rings is 3. The molecule has 1 radical (unpaired) electrons. The molecule has 214 valence electrons. The van der Waals surface area contributed by atoms with E-state index >= 15 is 0 Å². The number of phenolic OH excluding ortho intramolecular Hbond substituents is 1. The van der Waals surface area contributed by atoms with Crippen LogP contribution in [0.15, 0.2) is 89.5 Å². The van der Waals surface area contributed by atoms with Gasteiger partial charge < -0.3 is 5.11 Å². The number of phenols is 1. The summed E-state index contributed by atoms with van der Waals surface area (Å²) in [5, 5.41) is 11.2. The van der Waals surface area contributed by atoms with E-state index < -0.39 is 8.80 Å². The standard InChI is InChI=1S/C13H21OSi.C13H10.C9H13.2ClH.Ti/c1-9-7-10(13(2,3)4)12(15(5)6)11(14)8-9;1-3-7-12(8-4-1)11-13-9-5-2-6-10-13;1-6-5-7(2)9(4)8(6)3;;;/h7-8,14H,1-6H3;1-10H;6H,1-4H3;2*1H;/q;;-1;;;+1. The van der Waals surface area contributed by atoms with Gasteiger partial charge in [-0.1, -0.05) is 66.6 Å². The molecule has 40 heavy (non-hydrogen) atoms. The van der Waals surface area contributed by atoms with Gasteiger partial charge in [0.1, 0.15) is 5.75 Å². The van der Waals surface area contributed by atoms with E-state index in [-0.39, 0.29) is 30.2 Å². The molecule has 0 aliphatic heterocycles. The molecule has 1 aliphatic rings. The Morgan fingerprint density at radius 2 is 1.27 bits per heavy atom. The molecule has 1 aliphatic carbocycles. The molecule has 1 atom stereocenters. The van der Waals surface area contributed by atoms with Crippen LogP contribution in [0.5, 0.6) is 5.75 Å². The third kappa shape index (κ3) is 11.0. The van der Waals surface area contributed by atoms with Crippen LogP contribution in [0.25, 0.3) is 0 Å². The maximum absolute atomic E-state index is 10.0. The average Bonchev–Trinajstić information content (AvgIpc) is 3.09. The van der Waals surface area contributed by atoms with Gasteiger partial charge in [-0.15, -0.1) is 31.7 Å². The zero-order valence-corrected chi connectivity index (χ0v) is 30.0. The molecule has 3 aromatic carbocycles. The second-order valence-corrected chi connectivity index (χ2v) is 14.6. The van der Waals surface area contributed by atoms with Gasteiger partial charge in [-0.2, -0.15) is 11.1 Å². The van der Waals surface area contributed by atoms with E-state index in [1.165, 1.54) is 42.4 Å². The van der Waals surface area contributed by atoms with Gasteiger partial charge in [0.2, 0.25) is 0 Å². The number of hydrogen-bond acceptors (Lipinski definition) is 1. The van der Waals surface area contributed by atoms with Crippen LogP contribution in [-0.4, -0.2) is 17.7 Å². The fraction of sp³-hybridized carbons (Fsp3) is 0.343. The molecule has 0 saturated carbocycles. The van der Waals surface area contributed by atoms with Crippen molar-refractivity contribution in [1.29, 1.82) is 0 Å². The molecule has 1 nitrogen and oxygen atoms in total. The van der Waals surface area contributed by atoms with Gasteiger partial charge in [0.05, 0.1) is 8.80 Å². The molecule has 0 saturated heterocycles. The Kier molecular flexibility index (Phi) is 16.6. The Labute approximate surface area is 269 Å². The first-order valence-electron chi connectivity index (χ1n) is 13.4. The average molecular weight is 630 g/mol. The fourth-order valence-electron chi connectivity index (χ4n) is 4.42. The van der Waals surface area contributed by atoms with E-state index in [4.69, 9.17) is 0 Å². The van der Waals surface area contributed by atoms with Crippen molar-refractivity contribution in [3.63, 3.8) is 0 Å². The molecule has 0 fully saturated rings. The molecule has 0 spiro atoms. The van der Waals surface area contributed by atoms with Gasteiger partial charge in [0, 0.05) is 0 Å². The summed E-state index contributed by atoms with van der Waals surface area (Å²) >= 11 is 2.16. The van der Waals surface area contributed by atoms with Crippen molar-refractivity contribution >= 4 is 42.6 Å². The van der Waals surface area contributed by atoms with Crippen LogP contribution in [0.1, 0.15) is 70.7 Å². The zero-order valence-electron chi connectivity index (χ0n) is 25.8. The predicted octanol–water partition coefficient (Wildman–Crippen LogP) is 9.33. The van der Waals surface area contributed by atoms with Crippen molar-refractivity contribution in [3.05, 3.63) is 118 Å². The van der Waals surface area contributed by atoms with Gasteiger partial charge in [0.25, 0.3) is 0 Å². The minimum absolute atomic E-state index is 0. The van der Waals surface area contributed by atoms with Crippen LogP contribution in [-0.2, 0) is 25.4 Å². The molecule has 5 heteroatoms. The van der Waals surface area contributed by atoms with E-state index in [0.29, 0.717) is 11.7 Å². The van der Waals surface area contributed by atoms with Crippen molar-refractivity contribution in [2.75, 3.05) is 0 Å². The third-order valence-corrected chi connectivity index (χ3v) is 9.36. The van der Waals surface area contributed by atoms with Crippen LogP contribution in [0.2, 0.25) is 13.1 Å². The van der Waals surface area contributed by atoms with Crippen molar-refractivity contribution in [2.24, 2.45) is 5.92 Å². The summed E-state index contributed by atoms with van der Waals surface area (Å²) in [5.41, 5.74) is 9.39.